The molecule has 0 aromatic heterocycles. The van der Waals surface area contributed by atoms with E-state index < -0.39 is 18.3 Å². The maximum Gasteiger partial charge on any atom is 0.126 e. The fourth-order valence-corrected chi connectivity index (χ4v) is 4.15. The molecule has 3 rings (SSSR count). The molecule has 0 aliphatic carbocycles. The minimum absolute atomic E-state index is 0.136. The number of hydrogen-bond donors (Lipinski definition) is 2. The van der Waals surface area contributed by atoms with Crippen LogP contribution >= 0.6 is 11.6 Å². The number of rotatable bonds is 11. The first-order valence-electron chi connectivity index (χ1n) is 11.2. The molecule has 1 aliphatic heterocycles. The minimum Gasteiger partial charge on any atom is -0.491 e. The zero-order valence-electron chi connectivity index (χ0n) is 18.6. The molecule has 2 aromatic carbocycles. The van der Waals surface area contributed by atoms with E-state index in [1.54, 1.807) is 6.08 Å². The third kappa shape index (κ3) is 6.80. The quantitative estimate of drug-likeness (QED) is 0.377. The number of aliphatic hydroxyl groups is 2. The summed E-state index contributed by atoms with van der Waals surface area (Å²) in [5.74, 6) is 0.609. The summed E-state index contributed by atoms with van der Waals surface area (Å²) in [5, 5.41) is 20.5. The molecule has 5 nitrogen and oxygen atoms in total. The van der Waals surface area contributed by atoms with Crippen molar-refractivity contribution in [1.82, 2.24) is 0 Å². The van der Waals surface area contributed by atoms with E-state index in [2.05, 4.69) is 37.8 Å². The molecule has 1 saturated heterocycles. The first kappa shape index (κ1) is 24.7. The van der Waals surface area contributed by atoms with Gasteiger partial charge < -0.3 is 24.4 Å². The lowest BCUT2D eigenvalue weighted by Crippen LogP contribution is -2.33. The van der Waals surface area contributed by atoms with Crippen molar-refractivity contribution in [3.8, 4) is 5.75 Å². The van der Waals surface area contributed by atoms with E-state index >= 15 is 0 Å². The lowest BCUT2D eigenvalue weighted by molar-refractivity contribution is -0.114. The molecule has 2 N–H and O–H groups in total. The third-order valence-corrected chi connectivity index (χ3v) is 6.01. The first-order valence-corrected chi connectivity index (χ1v) is 11.6. The van der Waals surface area contributed by atoms with Crippen LogP contribution in [0.2, 0.25) is 5.02 Å². The smallest absolute Gasteiger partial charge is 0.126 e. The summed E-state index contributed by atoms with van der Waals surface area (Å²) in [6, 6.07) is 12.3. The lowest BCUT2D eigenvalue weighted by atomic mass is 9.93. The monoisotopic (exact) mass is 460 g/mol. The van der Waals surface area contributed by atoms with Gasteiger partial charge >= 0.3 is 0 Å². The standard InChI is InChI=1S/C26H33ClO5/c1-3-9-30-10-11-31-25-16-24(27)20(12-19-7-5-18(4-2)6-8-19)13-23(25)26-15-21(29)14-22(17-28)32-26/h3,5-8,13,16,21-22,26,28-29H,1,4,9-12,14-15,17H2,2H3. The van der Waals surface area contributed by atoms with Gasteiger partial charge in [0, 0.05) is 23.4 Å². The molecule has 3 unspecified atom stereocenters. The molecule has 0 saturated carbocycles. The Kier molecular flexibility index (Phi) is 9.57. The van der Waals surface area contributed by atoms with Crippen molar-refractivity contribution >= 4 is 11.6 Å². The van der Waals surface area contributed by atoms with E-state index in [1.807, 2.05) is 12.1 Å². The second kappa shape index (κ2) is 12.4. The Morgan fingerprint density at radius 3 is 2.59 bits per heavy atom. The van der Waals surface area contributed by atoms with Crippen LogP contribution in [0.25, 0.3) is 0 Å². The van der Waals surface area contributed by atoms with Gasteiger partial charge in [-0.15, -0.1) is 6.58 Å². The molecular weight excluding hydrogens is 428 g/mol. The highest BCUT2D eigenvalue weighted by Gasteiger charge is 2.31. The van der Waals surface area contributed by atoms with E-state index in [4.69, 9.17) is 25.8 Å². The molecule has 2 aromatic rings. The molecule has 0 radical (unpaired) electrons. The number of ether oxygens (including phenoxy) is 3. The molecule has 1 heterocycles. The van der Waals surface area contributed by atoms with E-state index in [-0.39, 0.29) is 6.61 Å². The zero-order chi connectivity index (χ0) is 22.9. The fraction of sp³-hybridized carbons (Fsp3) is 0.462. The first-order chi connectivity index (χ1) is 15.5. The molecule has 0 amide bonds. The summed E-state index contributed by atoms with van der Waals surface area (Å²) < 4.78 is 17.5. The maximum absolute atomic E-state index is 10.3. The Morgan fingerprint density at radius 2 is 1.91 bits per heavy atom. The molecule has 0 spiro atoms. The summed E-state index contributed by atoms with van der Waals surface area (Å²) in [6.07, 6.45) is 2.88. The molecule has 1 aliphatic rings. The maximum atomic E-state index is 10.3. The van der Waals surface area contributed by atoms with Crippen LogP contribution < -0.4 is 4.74 Å². The predicted molar refractivity (Wildman–Crippen MR) is 127 cm³/mol. The molecule has 0 bridgehead atoms. The van der Waals surface area contributed by atoms with E-state index in [0.717, 1.165) is 17.5 Å². The van der Waals surface area contributed by atoms with Gasteiger partial charge in [0.1, 0.15) is 12.4 Å². The van der Waals surface area contributed by atoms with Crippen molar-refractivity contribution in [2.45, 2.75) is 50.9 Å². The number of halogens is 1. The van der Waals surface area contributed by atoms with Crippen LogP contribution in [-0.2, 0) is 22.3 Å². The Hall–Kier alpha value is -1.89. The molecule has 32 heavy (non-hydrogen) atoms. The van der Waals surface area contributed by atoms with Gasteiger partial charge in [-0.05, 0) is 41.7 Å². The van der Waals surface area contributed by atoms with Gasteiger partial charge in [0.15, 0.2) is 0 Å². The van der Waals surface area contributed by atoms with Crippen LogP contribution in [0, 0.1) is 0 Å². The summed E-state index contributed by atoms with van der Waals surface area (Å²) in [6.45, 7) is 6.87. The van der Waals surface area contributed by atoms with Crippen molar-refractivity contribution in [2.24, 2.45) is 0 Å². The van der Waals surface area contributed by atoms with Crippen molar-refractivity contribution < 1.29 is 24.4 Å². The summed E-state index contributed by atoms with van der Waals surface area (Å²) >= 11 is 6.64. The van der Waals surface area contributed by atoms with Crippen LogP contribution in [-0.4, -0.2) is 48.8 Å². The Balaban J connectivity index is 1.86. The van der Waals surface area contributed by atoms with Gasteiger partial charge in [0.25, 0.3) is 0 Å². The van der Waals surface area contributed by atoms with Gasteiger partial charge in [0.2, 0.25) is 0 Å². The second-order valence-electron chi connectivity index (χ2n) is 8.09. The van der Waals surface area contributed by atoms with Crippen LogP contribution in [0.1, 0.15) is 48.1 Å². The zero-order valence-corrected chi connectivity index (χ0v) is 19.4. The van der Waals surface area contributed by atoms with E-state index in [1.165, 1.54) is 11.1 Å². The average molecular weight is 461 g/mol. The molecule has 6 heteroatoms. The summed E-state index contributed by atoms with van der Waals surface area (Å²) in [5.41, 5.74) is 4.25. The molecule has 1 fully saturated rings. The van der Waals surface area contributed by atoms with Gasteiger partial charge in [0.05, 0.1) is 38.1 Å². The van der Waals surface area contributed by atoms with Gasteiger partial charge in [-0.3, -0.25) is 0 Å². The molecular formula is C26H33ClO5. The van der Waals surface area contributed by atoms with E-state index in [0.29, 0.717) is 49.9 Å². The normalized spacial score (nSPS) is 20.8. The van der Waals surface area contributed by atoms with Crippen molar-refractivity contribution in [3.05, 3.63) is 76.3 Å². The van der Waals surface area contributed by atoms with Crippen molar-refractivity contribution in [1.29, 1.82) is 0 Å². The third-order valence-electron chi connectivity index (χ3n) is 5.65. The van der Waals surface area contributed by atoms with Crippen LogP contribution in [0.4, 0.5) is 0 Å². The van der Waals surface area contributed by atoms with Crippen LogP contribution in [0.3, 0.4) is 0 Å². The van der Waals surface area contributed by atoms with Gasteiger partial charge in [-0.25, -0.2) is 0 Å². The average Bonchev–Trinajstić information content (AvgIpc) is 2.80. The Bertz CT molecular complexity index is 867. The largest absolute Gasteiger partial charge is 0.491 e. The van der Waals surface area contributed by atoms with Crippen molar-refractivity contribution in [2.75, 3.05) is 26.4 Å². The summed E-state index contributed by atoms with van der Waals surface area (Å²) in [7, 11) is 0. The van der Waals surface area contributed by atoms with Gasteiger partial charge in [-0.1, -0.05) is 48.9 Å². The number of aryl methyl sites for hydroxylation is 1. The Morgan fingerprint density at radius 1 is 1.16 bits per heavy atom. The van der Waals surface area contributed by atoms with Crippen molar-refractivity contribution in [3.63, 3.8) is 0 Å². The number of hydrogen-bond acceptors (Lipinski definition) is 5. The topological polar surface area (TPSA) is 68.2 Å². The molecule has 174 valence electrons. The minimum atomic E-state index is -0.546. The van der Waals surface area contributed by atoms with Gasteiger partial charge in [-0.2, -0.15) is 0 Å². The SMILES string of the molecule is C=CCOCCOc1cc(Cl)c(Cc2ccc(CC)cc2)cc1C1CC(O)CC(CO)O1. The van der Waals surface area contributed by atoms with E-state index in [9.17, 15) is 10.2 Å². The number of benzene rings is 2. The predicted octanol–water partition coefficient (Wildman–Crippen LogP) is 4.65. The fourth-order valence-electron chi connectivity index (χ4n) is 3.93. The summed E-state index contributed by atoms with van der Waals surface area (Å²) in [4.78, 5) is 0. The van der Waals surface area contributed by atoms with Crippen LogP contribution in [0.15, 0.2) is 49.1 Å². The number of aliphatic hydroxyl groups excluding tert-OH is 2. The molecule has 3 atom stereocenters. The highest BCUT2D eigenvalue weighted by molar-refractivity contribution is 6.31. The highest BCUT2D eigenvalue weighted by Crippen LogP contribution is 2.39. The lowest BCUT2D eigenvalue weighted by Gasteiger charge is -2.33. The van der Waals surface area contributed by atoms with Crippen LogP contribution in [0.5, 0.6) is 5.75 Å². The Labute approximate surface area is 195 Å². The highest BCUT2D eigenvalue weighted by atomic mass is 35.5. The second-order valence-corrected chi connectivity index (χ2v) is 8.50.